The molecular weight excluding hydrogens is 777 g/mol. The van der Waals surface area contributed by atoms with Gasteiger partial charge in [0.1, 0.15) is 25.9 Å². The van der Waals surface area contributed by atoms with Crippen LogP contribution in [0.4, 0.5) is 9.59 Å². The molecule has 0 aliphatic heterocycles. The van der Waals surface area contributed by atoms with Crippen molar-refractivity contribution in [2.75, 3.05) is 26.4 Å². The molecule has 4 amide bonds. The Labute approximate surface area is 358 Å². The number of rotatable bonds is 24. The predicted molar refractivity (Wildman–Crippen MR) is 232 cm³/mol. The van der Waals surface area contributed by atoms with E-state index >= 15 is 0 Å². The highest BCUT2D eigenvalue weighted by Gasteiger charge is 2.36. The van der Waals surface area contributed by atoms with Gasteiger partial charge >= 0.3 is 18.2 Å². The average Bonchev–Trinajstić information content (AvgIpc) is 3.87. The van der Waals surface area contributed by atoms with E-state index in [9.17, 15) is 29.1 Å². The smallest absolute Gasteiger partial charge is 0.407 e. The van der Waals surface area contributed by atoms with E-state index in [2.05, 4.69) is 34.4 Å². The van der Waals surface area contributed by atoms with Gasteiger partial charge in [0.05, 0.1) is 24.1 Å². The van der Waals surface area contributed by atoms with Crippen molar-refractivity contribution in [3.63, 3.8) is 0 Å². The van der Waals surface area contributed by atoms with E-state index in [1.165, 1.54) is 0 Å². The Kier molecular flexibility index (Phi) is 17.9. The molecule has 5 rings (SSSR count). The number of hydrogen-bond donors (Lipinski definition) is 5. The van der Waals surface area contributed by atoms with Crippen molar-refractivity contribution in [1.29, 1.82) is 0 Å². The molecule has 0 aromatic heterocycles. The van der Waals surface area contributed by atoms with Gasteiger partial charge in [0.2, 0.25) is 11.8 Å². The second-order valence-corrected chi connectivity index (χ2v) is 15.8. The number of nitrogens with one attached hydrogen (secondary N) is 4. The number of carbonyl (C=O) groups is 5. The van der Waals surface area contributed by atoms with Crippen molar-refractivity contribution in [2.45, 2.75) is 101 Å². The number of hydrogen-bond acceptors (Lipinski definition) is 9. The minimum absolute atomic E-state index is 0.0711. The van der Waals surface area contributed by atoms with Crippen LogP contribution in [0.15, 0.2) is 104 Å². The van der Waals surface area contributed by atoms with Crippen LogP contribution in [0.25, 0.3) is 11.1 Å². The maximum absolute atomic E-state index is 13.7. The van der Waals surface area contributed by atoms with Crippen molar-refractivity contribution in [3.05, 3.63) is 121 Å². The molecule has 3 aromatic carbocycles. The summed E-state index contributed by atoms with van der Waals surface area (Å²) >= 11 is 0. The summed E-state index contributed by atoms with van der Waals surface area (Å²) in [6.45, 7) is 7.68. The second kappa shape index (κ2) is 23.7. The number of ether oxygens (including phenoxy) is 3. The van der Waals surface area contributed by atoms with Crippen LogP contribution in [0, 0.1) is 5.92 Å². The summed E-state index contributed by atoms with van der Waals surface area (Å²) in [7, 11) is 0. The number of fused-ring (bicyclic) bond motifs is 3. The first-order chi connectivity index (χ1) is 29.6. The van der Waals surface area contributed by atoms with E-state index in [1.807, 2.05) is 78.9 Å². The van der Waals surface area contributed by atoms with Crippen molar-refractivity contribution >= 4 is 30.0 Å². The Bertz CT molecular complexity index is 1900. The summed E-state index contributed by atoms with van der Waals surface area (Å²) in [5, 5.41) is 21.4. The quantitative estimate of drug-likeness (QED) is 0.0275. The zero-order chi connectivity index (χ0) is 43.5. The van der Waals surface area contributed by atoms with Crippen LogP contribution in [0.2, 0.25) is 0 Å². The molecule has 2 aliphatic carbocycles. The normalized spacial score (nSPS) is 15.2. The van der Waals surface area contributed by atoms with Gasteiger partial charge in [-0.1, -0.05) is 104 Å². The first kappa shape index (κ1) is 46.1. The molecule has 1 saturated carbocycles. The Morgan fingerprint density at radius 2 is 1.46 bits per heavy atom. The molecule has 0 spiro atoms. The van der Waals surface area contributed by atoms with E-state index in [0.717, 1.165) is 40.7 Å². The van der Waals surface area contributed by atoms with Gasteiger partial charge in [0.15, 0.2) is 0 Å². The SMILES string of the molecule is C=CCCC(NC(=O)OCC1c2ccccc2-c2ccccc21)C(=O)OCC(CCCCNC(=O)OCc1ccccc1)NC(=O)C(CC=C)CC(=O)NC1(CO)CCCC1. The number of allylic oxidation sites excluding steroid dienone is 2. The van der Waals surface area contributed by atoms with Crippen LogP contribution >= 0.6 is 0 Å². The molecule has 0 bridgehead atoms. The fourth-order valence-electron chi connectivity index (χ4n) is 8.02. The molecule has 3 unspecified atom stereocenters. The van der Waals surface area contributed by atoms with E-state index in [0.29, 0.717) is 45.1 Å². The van der Waals surface area contributed by atoms with Gasteiger partial charge in [0.25, 0.3) is 0 Å². The summed E-state index contributed by atoms with van der Waals surface area (Å²) < 4.78 is 16.8. The lowest BCUT2D eigenvalue weighted by molar-refractivity contribution is -0.147. The van der Waals surface area contributed by atoms with Gasteiger partial charge in [0, 0.05) is 18.9 Å². The fraction of sp³-hybridized carbons (Fsp3) is 0.438. The summed E-state index contributed by atoms with van der Waals surface area (Å²) in [4.78, 5) is 66.0. The highest BCUT2D eigenvalue weighted by Crippen LogP contribution is 2.44. The first-order valence-electron chi connectivity index (χ1n) is 21.3. The molecule has 5 N–H and O–H groups in total. The van der Waals surface area contributed by atoms with Crippen LogP contribution in [0.1, 0.15) is 93.2 Å². The van der Waals surface area contributed by atoms with Crippen LogP contribution in [-0.2, 0) is 35.2 Å². The van der Waals surface area contributed by atoms with E-state index < -0.39 is 47.6 Å². The Balaban J connectivity index is 1.18. The molecule has 326 valence electrons. The minimum atomic E-state index is -1.05. The number of esters is 1. The van der Waals surface area contributed by atoms with Crippen molar-refractivity contribution in [2.24, 2.45) is 5.92 Å². The lowest BCUT2D eigenvalue weighted by Crippen LogP contribution is -2.50. The number of carbonyl (C=O) groups excluding carboxylic acids is 5. The highest BCUT2D eigenvalue weighted by atomic mass is 16.6. The van der Waals surface area contributed by atoms with E-state index in [1.54, 1.807) is 12.2 Å². The Hall–Kier alpha value is -5.95. The molecule has 1 fully saturated rings. The van der Waals surface area contributed by atoms with E-state index in [4.69, 9.17) is 14.2 Å². The molecule has 0 heterocycles. The summed E-state index contributed by atoms with van der Waals surface area (Å²) in [6, 6.07) is 23.6. The Morgan fingerprint density at radius 1 is 0.787 bits per heavy atom. The van der Waals surface area contributed by atoms with Crippen LogP contribution in [-0.4, -0.2) is 79.1 Å². The minimum Gasteiger partial charge on any atom is -0.462 e. The third-order valence-corrected chi connectivity index (χ3v) is 11.3. The van der Waals surface area contributed by atoms with Crippen LogP contribution < -0.4 is 21.3 Å². The van der Waals surface area contributed by atoms with Crippen LogP contribution in [0.5, 0.6) is 0 Å². The highest BCUT2D eigenvalue weighted by molar-refractivity contribution is 5.86. The summed E-state index contributed by atoms with van der Waals surface area (Å²) in [5.74, 6) is -2.38. The number of alkyl carbamates (subject to hydrolysis) is 2. The number of benzene rings is 3. The zero-order valence-corrected chi connectivity index (χ0v) is 34.9. The molecule has 3 aromatic rings. The number of amides is 4. The van der Waals surface area contributed by atoms with Gasteiger partial charge in [-0.15, -0.1) is 13.2 Å². The standard InChI is InChI=1S/C48H60N4O9/c1-3-5-25-42(51-47(58)61-32-41-39-23-11-9-21-37(39)38-22-10-12-24-40(38)41)45(56)59-31-36(20-13-16-28-49-46(57)60-30-34-18-7-6-8-19-34)50-44(55)35(17-4-2)29-43(54)52-48(33-53)26-14-15-27-48/h3-4,6-12,18-19,21-24,35-36,41-42,53H,1-2,5,13-17,20,25-33H2,(H,49,57)(H,50,55)(H,51,58)(H,52,54). The van der Waals surface area contributed by atoms with Crippen LogP contribution in [0.3, 0.4) is 0 Å². The van der Waals surface area contributed by atoms with Gasteiger partial charge in [-0.2, -0.15) is 0 Å². The van der Waals surface area contributed by atoms with Crippen molar-refractivity contribution in [3.8, 4) is 11.1 Å². The average molecular weight is 837 g/mol. The van der Waals surface area contributed by atoms with Gasteiger partial charge in [-0.25, -0.2) is 14.4 Å². The monoisotopic (exact) mass is 836 g/mol. The van der Waals surface area contributed by atoms with E-state index in [-0.39, 0.29) is 57.5 Å². The Morgan fingerprint density at radius 3 is 2.11 bits per heavy atom. The largest absolute Gasteiger partial charge is 0.462 e. The molecule has 3 atom stereocenters. The predicted octanol–water partition coefficient (Wildman–Crippen LogP) is 6.99. The molecule has 2 aliphatic rings. The molecule has 0 radical (unpaired) electrons. The number of unbranched alkanes of at least 4 members (excludes halogenated alkanes) is 1. The number of aliphatic hydroxyl groups excluding tert-OH is 1. The first-order valence-corrected chi connectivity index (χ1v) is 21.3. The topological polar surface area (TPSA) is 181 Å². The third-order valence-electron chi connectivity index (χ3n) is 11.3. The molecule has 61 heavy (non-hydrogen) atoms. The summed E-state index contributed by atoms with van der Waals surface area (Å²) in [5.41, 5.74) is 4.49. The van der Waals surface area contributed by atoms with Crippen molar-refractivity contribution < 1.29 is 43.3 Å². The molecular formula is C48H60N4O9. The number of aliphatic hydroxyl groups is 1. The third kappa shape index (κ3) is 13.8. The molecule has 13 nitrogen and oxygen atoms in total. The van der Waals surface area contributed by atoms with Crippen molar-refractivity contribution in [1.82, 2.24) is 21.3 Å². The van der Waals surface area contributed by atoms with Gasteiger partial charge in [-0.3, -0.25) is 9.59 Å². The zero-order valence-electron chi connectivity index (χ0n) is 34.9. The lowest BCUT2D eigenvalue weighted by atomic mass is 9.95. The maximum atomic E-state index is 13.7. The lowest BCUT2D eigenvalue weighted by Gasteiger charge is -2.29. The molecule has 0 saturated heterocycles. The fourth-order valence-corrected chi connectivity index (χ4v) is 8.02. The second-order valence-electron chi connectivity index (χ2n) is 15.8. The maximum Gasteiger partial charge on any atom is 0.407 e. The van der Waals surface area contributed by atoms with Gasteiger partial charge < -0.3 is 40.6 Å². The molecule has 13 heteroatoms. The summed E-state index contributed by atoms with van der Waals surface area (Å²) in [6.07, 6.45) is 7.21. The van der Waals surface area contributed by atoms with Gasteiger partial charge in [-0.05, 0) is 79.2 Å².